The Labute approximate surface area is 169 Å². The number of terminal acetylenes is 1. The highest BCUT2D eigenvalue weighted by molar-refractivity contribution is 7.99. The van der Waals surface area contributed by atoms with Crippen molar-refractivity contribution in [2.75, 3.05) is 20.5 Å². The third-order valence-electron chi connectivity index (χ3n) is 4.99. The summed E-state index contributed by atoms with van der Waals surface area (Å²) < 4.78 is 16.8. The third kappa shape index (κ3) is 4.09. The number of aromatic nitrogens is 1. The molecule has 148 valence electrons. The highest BCUT2D eigenvalue weighted by Crippen LogP contribution is 2.37. The minimum Gasteiger partial charge on any atom is -0.470 e. The molecule has 0 aliphatic heterocycles. The van der Waals surface area contributed by atoms with Gasteiger partial charge < -0.3 is 19.5 Å². The van der Waals surface area contributed by atoms with E-state index in [0.29, 0.717) is 11.3 Å². The number of carbonyl (C=O) groups excluding carboxylic acids is 1. The fraction of sp³-hybridized carbons (Fsp3) is 0.429. The molecule has 6 nitrogen and oxygen atoms in total. The number of ether oxygens (including phenoxy) is 3. The average molecular weight is 401 g/mol. The van der Waals surface area contributed by atoms with Crippen molar-refractivity contribution in [3.8, 4) is 18.1 Å². The predicted octanol–water partition coefficient (Wildman–Crippen LogP) is 2.94. The van der Waals surface area contributed by atoms with E-state index in [2.05, 4.69) is 16.2 Å². The van der Waals surface area contributed by atoms with Gasteiger partial charge in [-0.1, -0.05) is 5.92 Å². The van der Waals surface area contributed by atoms with Crippen LogP contribution < -0.4 is 10.1 Å². The molecule has 0 saturated heterocycles. The number of hydrogen-bond acceptors (Lipinski definition) is 6. The maximum atomic E-state index is 12.9. The molecule has 1 fully saturated rings. The molecule has 1 heterocycles. The Morgan fingerprint density at radius 1 is 1.32 bits per heavy atom. The normalized spacial score (nSPS) is 16.2. The summed E-state index contributed by atoms with van der Waals surface area (Å²) in [6, 6.07) is 7.35. The first-order chi connectivity index (χ1) is 13.5. The molecule has 1 aromatic carbocycles. The molecule has 0 radical (unpaired) electrons. The number of nitrogens with one attached hydrogen (secondary N) is 1. The van der Waals surface area contributed by atoms with E-state index in [9.17, 15) is 4.79 Å². The first-order valence-corrected chi connectivity index (χ1v) is 10.3. The number of amides is 1. The van der Waals surface area contributed by atoms with Crippen LogP contribution in [0.3, 0.4) is 0 Å². The van der Waals surface area contributed by atoms with Crippen LogP contribution in [0.15, 0.2) is 30.5 Å². The van der Waals surface area contributed by atoms with Crippen molar-refractivity contribution in [1.82, 2.24) is 10.3 Å². The van der Waals surface area contributed by atoms with E-state index in [-0.39, 0.29) is 5.91 Å². The summed E-state index contributed by atoms with van der Waals surface area (Å²) in [4.78, 5) is 17.2. The Kier molecular flexibility index (Phi) is 6.45. The van der Waals surface area contributed by atoms with Gasteiger partial charge in [0.05, 0.1) is 11.1 Å². The summed E-state index contributed by atoms with van der Waals surface area (Å²) in [6.07, 6.45) is 11.1. The predicted molar refractivity (Wildman–Crippen MR) is 110 cm³/mol. The van der Waals surface area contributed by atoms with Crippen LogP contribution in [0.4, 0.5) is 0 Å². The number of nitrogens with zero attached hydrogens (tertiary/aromatic N) is 1. The number of methoxy groups -OCH3 is 2. The fourth-order valence-electron chi connectivity index (χ4n) is 3.42. The summed E-state index contributed by atoms with van der Waals surface area (Å²) in [7, 11) is 3.16. The largest absolute Gasteiger partial charge is 0.470 e. The second kappa shape index (κ2) is 8.82. The van der Waals surface area contributed by atoms with Gasteiger partial charge in [0, 0.05) is 31.4 Å². The Morgan fingerprint density at radius 3 is 2.64 bits per heavy atom. The molecular formula is C21H24N2O4S. The monoisotopic (exact) mass is 400 g/mol. The van der Waals surface area contributed by atoms with Crippen LogP contribution in [-0.2, 0) is 14.3 Å². The number of hydrogen-bond donors (Lipinski definition) is 1. The summed E-state index contributed by atoms with van der Waals surface area (Å²) >= 11 is 1.32. The molecule has 0 spiro atoms. The van der Waals surface area contributed by atoms with Crippen molar-refractivity contribution >= 4 is 28.6 Å². The van der Waals surface area contributed by atoms with E-state index < -0.39 is 17.3 Å². The fourth-order valence-corrected chi connectivity index (χ4v) is 3.90. The van der Waals surface area contributed by atoms with Gasteiger partial charge in [0.25, 0.3) is 5.91 Å². The second-order valence-electron chi connectivity index (χ2n) is 6.71. The lowest BCUT2D eigenvalue weighted by molar-refractivity contribution is -0.180. The number of fused-ring (bicyclic) bond motifs is 1. The number of pyridine rings is 1. The molecule has 2 aromatic rings. The third-order valence-corrected chi connectivity index (χ3v) is 5.73. The molecule has 3 rings (SSSR count). The lowest BCUT2D eigenvalue weighted by atomic mass is 9.76. The first-order valence-electron chi connectivity index (χ1n) is 8.98. The summed E-state index contributed by atoms with van der Waals surface area (Å²) in [6.45, 7) is 0. The van der Waals surface area contributed by atoms with Crippen molar-refractivity contribution in [3.63, 3.8) is 0 Å². The van der Waals surface area contributed by atoms with Crippen LogP contribution in [-0.4, -0.2) is 48.6 Å². The van der Waals surface area contributed by atoms with Crippen LogP contribution in [0.1, 0.15) is 24.8 Å². The molecular weight excluding hydrogens is 376 g/mol. The average Bonchev–Trinajstić information content (AvgIpc) is 2.69. The quantitative estimate of drug-likeness (QED) is 0.543. The topological polar surface area (TPSA) is 69.7 Å². The zero-order chi connectivity index (χ0) is 20.1. The van der Waals surface area contributed by atoms with E-state index in [1.54, 1.807) is 26.5 Å². The first kappa shape index (κ1) is 20.5. The van der Waals surface area contributed by atoms with Crippen LogP contribution in [0, 0.1) is 12.3 Å². The van der Waals surface area contributed by atoms with Crippen molar-refractivity contribution in [3.05, 3.63) is 36.0 Å². The van der Waals surface area contributed by atoms with Crippen molar-refractivity contribution in [2.24, 2.45) is 0 Å². The van der Waals surface area contributed by atoms with Gasteiger partial charge in [0.2, 0.25) is 5.44 Å². The van der Waals surface area contributed by atoms with Gasteiger partial charge in [-0.15, -0.1) is 18.2 Å². The van der Waals surface area contributed by atoms with Gasteiger partial charge >= 0.3 is 0 Å². The SMILES string of the molecule is C#Cc1cnc2ccc(OC(SC)C(=O)NC3(C(OC)OC)CCC3)cc2c1. The van der Waals surface area contributed by atoms with Crippen LogP contribution >= 0.6 is 11.8 Å². The molecule has 7 heteroatoms. The van der Waals surface area contributed by atoms with E-state index in [0.717, 1.165) is 30.2 Å². The summed E-state index contributed by atoms with van der Waals surface area (Å²) in [5, 5.41) is 3.95. The molecule has 1 aromatic heterocycles. The molecule has 28 heavy (non-hydrogen) atoms. The highest BCUT2D eigenvalue weighted by atomic mass is 32.2. The van der Waals surface area contributed by atoms with E-state index in [1.165, 1.54) is 11.8 Å². The lowest BCUT2D eigenvalue weighted by Crippen LogP contribution is -2.63. The molecule has 1 N–H and O–H groups in total. The second-order valence-corrected chi connectivity index (χ2v) is 7.61. The molecule has 1 saturated carbocycles. The summed E-state index contributed by atoms with van der Waals surface area (Å²) in [5.41, 5.74) is 0.300. The Morgan fingerprint density at radius 2 is 2.07 bits per heavy atom. The molecule has 1 atom stereocenters. The van der Waals surface area contributed by atoms with Gasteiger partial charge in [-0.3, -0.25) is 9.78 Å². The smallest absolute Gasteiger partial charge is 0.272 e. The maximum absolute atomic E-state index is 12.9. The number of benzene rings is 1. The van der Waals surface area contributed by atoms with Gasteiger partial charge in [-0.05, 0) is 49.8 Å². The number of carbonyl (C=O) groups is 1. The van der Waals surface area contributed by atoms with Gasteiger partial charge in [-0.25, -0.2) is 0 Å². The van der Waals surface area contributed by atoms with E-state index in [4.69, 9.17) is 20.6 Å². The molecule has 1 amide bonds. The minimum atomic E-state index is -0.701. The minimum absolute atomic E-state index is 0.207. The molecule has 1 aliphatic carbocycles. The molecule has 1 unspecified atom stereocenters. The summed E-state index contributed by atoms with van der Waals surface area (Å²) in [5.74, 6) is 2.95. The molecule has 0 bridgehead atoms. The van der Waals surface area contributed by atoms with Crippen molar-refractivity contribution in [1.29, 1.82) is 0 Å². The van der Waals surface area contributed by atoms with Crippen molar-refractivity contribution in [2.45, 2.75) is 36.5 Å². The standard InChI is InChI=1S/C21H24N2O4S/c1-5-14-11-15-12-16(7-8-17(15)22-13-14)27-19(28-4)18(24)23-21(9-6-10-21)20(25-2)26-3/h1,7-8,11-13,19-20H,6,9-10H2,2-4H3,(H,23,24). The molecule has 1 aliphatic rings. The highest BCUT2D eigenvalue weighted by Gasteiger charge is 2.47. The van der Waals surface area contributed by atoms with Crippen LogP contribution in [0.25, 0.3) is 10.9 Å². The number of rotatable bonds is 8. The van der Waals surface area contributed by atoms with Gasteiger partial charge in [-0.2, -0.15) is 0 Å². The van der Waals surface area contributed by atoms with Gasteiger partial charge in [0.1, 0.15) is 5.75 Å². The Balaban J connectivity index is 1.75. The van der Waals surface area contributed by atoms with Crippen LogP contribution in [0.5, 0.6) is 5.75 Å². The van der Waals surface area contributed by atoms with Crippen molar-refractivity contribution < 1.29 is 19.0 Å². The van der Waals surface area contributed by atoms with Crippen LogP contribution in [0.2, 0.25) is 0 Å². The van der Waals surface area contributed by atoms with Gasteiger partial charge in [0.15, 0.2) is 6.29 Å². The van der Waals surface area contributed by atoms with E-state index >= 15 is 0 Å². The van der Waals surface area contributed by atoms with E-state index in [1.807, 2.05) is 24.5 Å². The Hall–Kier alpha value is -2.27. The maximum Gasteiger partial charge on any atom is 0.272 e. The Bertz CT molecular complexity index is 888. The lowest BCUT2D eigenvalue weighted by Gasteiger charge is -2.46. The zero-order valence-electron chi connectivity index (χ0n) is 16.2. The zero-order valence-corrected chi connectivity index (χ0v) is 17.0. The number of thioether (sulfide) groups is 1.